The Hall–Kier alpha value is -2.86. The Labute approximate surface area is 193 Å². The van der Waals surface area contributed by atoms with E-state index in [1.807, 2.05) is 42.5 Å². The van der Waals surface area contributed by atoms with Crippen LogP contribution in [0.3, 0.4) is 0 Å². The molecule has 0 radical (unpaired) electrons. The van der Waals surface area contributed by atoms with Crippen molar-refractivity contribution >= 4 is 58.0 Å². The summed E-state index contributed by atoms with van der Waals surface area (Å²) >= 11 is 12.7. The number of nitrogens with zero attached hydrogens (tertiary/aromatic N) is 1. The van der Waals surface area contributed by atoms with Crippen LogP contribution in [0.5, 0.6) is 0 Å². The molecule has 1 aliphatic heterocycles. The minimum atomic E-state index is -0.504. The summed E-state index contributed by atoms with van der Waals surface area (Å²) in [5.74, 6) is -0.812. The SMILES string of the molecule is O=C(CN1C(=O)S/C(=C/c2ccc(Cl)c(Cl)c2)C1=O)c1ccc(-c2ccccc2)cc1. The molecule has 4 rings (SSSR count). The summed E-state index contributed by atoms with van der Waals surface area (Å²) < 4.78 is 0. The van der Waals surface area contributed by atoms with Crippen LogP contribution in [-0.4, -0.2) is 28.4 Å². The Morgan fingerprint density at radius 1 is 0.871 bits per heavy atom. The highest BCUT2D eigenvalue weighted by atomic mass is 35.5. The number of rotatable bonds is 5. The van der Waals surface area contributed by atoms with Crippen LogP contribution >= 0.6 is 35.0 Å². The fraction of sp³-hybridized carbons (Fsp3) is 0.0417. The molecule has 0 N–H and O–H groups in total. The first-order chi connectivity index (χ1) is 14.9. The Morgan fingerprint density at radius 3 is 2.23 bits per heavy atom. The smallest absolute Gasteiger partial charge is 0.292 e. The van der Waals surface area contributed by atoms with Crippen molar-refractivity contribution in [3.8, 4) is 11.1 Å². The third-order valence-corrected chi connectivity index (χ3v) is 6.38. The maximum absolute atomic E-state index is 12.7. The van der Waals surface area contributed by atoms with Crippen LogP contribution in [0.2, 0.25) is 10.0 Å². The monoisotopic (exact) mass is 467 g/mol. The number of imide groups is 1. The van der Waals surface area contributed by atoms with Gasteiger partial charge in [0, 0.05) is 5.56 Å². The molecular formula is C24H15Cl2NO3S. The second-order valence-corrected chi connectivity index (χ2v) is 8.62. The van der Waals surface area contributed by atoms with E-state index in [0.29, 0.717) is 21.2 Å². The van der Waals surface area contributed by atoms with Crippen molar-refractivity contribution < 1.29 is 14.4 Å². The van der Waals surface area contributed by atoms with Crippen LogP contribution in [0, 0.1) is 0 Å². The van der Waals surface area contributed by atoms with Crippen molar-refractivity contribution in [2.45, 2.75) is 0 Å². The molecule has 2 amide bonds. The highest BCUT2D eigenvalue weighted by molar-refractivity contribution is 8.18. The fourth-order valence-corrected chi connectivity index (χ4v) is 4.25. The number of carbonyl (C=O) groups is 3. The molecule has 3 aromatic carbocycles. The summed E-state index contributed by atoms with van der Waals surface area (Å²) in [6, 6.07) is 21.8. The lowest BCUT2D eigenvalue weighted by atomic mass is 10.0. The number of hydrogen-bond acceptors (Lipinski definition) is 4. The van der Waals surface area contributed by atoms with Gasteiger partial charge in [0.25, 0.3) is 11.1 Å². The third kappa shape index (κ3) is 4.74. The van der Waals surface area contributed by atoms with Crippen molar-refractivity contribution in [3.63, 3.8) is 0 Å². The summed E-state index contributed by atoms with van der Waals surface area (Å²) in [5, 5.41) is 0.269. The summed E-state index contributed by atoms with van der Waals surface area (Å²) in [6.45, 7) is -0.311. The van der Waals surface area contributed by atoms with Gasteiger partial charge in [-0.05, 0) is 46.7 Å². The summed E-state index contributed by atoms with van der Waals surface area (Å²) in [7, 11) is 0. The Balaban J connectivity index is 1.48. The molecule has 0 bridgehead atoms. The van der Waals surface area contributed by atoms with Gasteiger partial charge in [-0.25, -0.2) is 0 Å². The van der Waals surface area contributed by atoms with Gasteiger partial charge in [-0.2, -0.15) is 0 Å². The normalized spacial score (nSPS) is 15.0. The first-order valence-electron chi connectivity index (χ1n) is 9.31. The molecule has 0 aromatic heterocycles. The van der Waals surface area contributed by atoms with Crippen LogP contribution in [-0.2, 0) is 4.79 Å². The zero-order chi connectivity index (χ0) is 22.0. The lowest BCUT2D eigenvalue weighted by molar-refractivity contribution is -0.122. The predicted molar refractivity (Wildman–Crippen MR) is 125 cm³/mol. The van der Waals surface area contributed by atoms with Crippen molar-refractivity contribution in [2.75, 3.05) is 6.54 Å². The lowest BCUT2D eigenvalue weighted by Gasteiger charge is -2.11. The van der Waals surface area contributed by atoms with Gasteiger partial charge in [0.1, 0.15) is 0 Å². The van der Waals surface area contributed by atoms with Crippen LogP contribution < -0.4 is 0 Å². The first-order valence-corrected chi connectivity index (χ1v) is 10.9. The zero-order valence-electron chi connectivity index (χ0n) is 16.0. The first kappa shape index (κ1) is 21.4. The van der Waals surface area contributed by atoms with Crippen molar-refractivity contribution in [1.82, 2.24) is 4.90 Å². The molecule has 1 saturated heterocycles. The zero-order valence-corrected chi connectivity index (χ0v) is 18.4. The molecule has 1 heterocycles. The molecule has 31 heavy (non-hydrogen) atoms. The molecule has 0 atom stereocenters. The number of ketones is 1. The van der Waals surface area contributed by atoms with E-state index in [-0.39, 0.29) is 17.2 Å². The minimum absolute atomic E-state index is 0.232. The second-order valence-electron chi connectivity index (χ2n) is 6.81. The Kier molecular flexibility index (Phi) is 6.28. The molecule has 7 heteroatoms. The molecule has 3 aromatic rings. The van der Waals surface area contributed by atoms with Gasteiger partial charge in [0.15, 0.2) is 5.78 Å². The number of thioether (sulfide) groups is 1. The topological polar surface area (TPSA) is 54.5 Å². The van der Waals surface area contributed by atoms with Gasteiger partial charge in [-0.1, -0.05) is 83.9 Å². The van der Waals surface area contributed by atoms with E-state index >= 15 is 0 Å². The van der Waals surface area contributed by atoms with Gasteiger partial charge >= 0.3 is 0 Å². The molecule has 4 nitrogen and oxygen atoms in total. The van der Waals surface area contributed by atoms with Crippen molar-refractivity contribution in [1.29, 1.82) is 0 Å². The van der Waals surface area contributed by atoms with E-state index in [9.17, 15) is 14.4 Å². The number of halogens is 2. The van der Waals surface area contributed by atoms with Gasteiger partial charge in [0.05, 0.1) is 21.5 Å². The van der Waals surface area contributed by atoms with E-state index < -0.39 is 11.1 Å². The van der Waals surface area contributed by atoms with Crippen LogP contribution in [0.1, 0.15) is 15.9 Å². The molecular weight excluding hydrogens is 453 g/mol. The highest BCUT2D eigenvalue weighted by Gasteiger charge is 2.36. The van der Waals surface area contributed by atoms with Crippen molar-refractivity contribution in [2.24, 2.45) is 0 Å². The predicted octanol–water partition coefficient (Wildman–Crippen LogP) is 6.58. The van der Waals surface area contributed by atoms with E-state index in [1.54, 1.807) is 36.4 Å². The summed E-state index contributed by atoms with van der Waals surface area (Å²) in [5.41, 5.74) is 3.10. The summed E-state index contributed by atoms with van der Waals surface area (Å²) in [6.07, 6.45) is 1.56. The number of hydrogen-bond donors (Lipinski definition) is 0. The van der Waals surface area contributed by atoms with Gasteiger partial charge in [-0.15, -0.1) is 0 Å². The van der Waals surface area contributed by atoms with E-state index in [1.165, 1.54) is 0 Å². The number of Topliss-reactive ketones (excluding diaryl/α,β-unsaturated/α-hetero) is 1. The van der Waals surface area contributed by atoms with Gasteiger partial charge < -0.3 is 0 Å². The highest BCUT2D eigenvalue weighted by Crippen LogP contribution is 2.33. The molecule has 0 unspecified atom stereocenters. The maximum atomic E-state index is 12.7. The fourth-order valence-electron chi connectivity index (χ4n) is 3.10. The standard InChI is InChI=1S/C24H15Cl2NO3S/c25-19-11-6-15(12-20(19)26)13-22-23(29)27(24(30)31-22)14-21(28)18-9-7-17(8-10-18)16-4-2-1-3-5-16/h1-13H,14H2/b22-13+. The van der Waals surface area contributed by atoms with E-state index in [0.717, 1.165) is 27.8 Å². The Morgan fingerprint density at radius 2 is 1.55 bits per heavy atom. The number of amides is 2. The largest absolute Gasteiger partial charge is 0.293 e. The van der Waals surface area contributed by atoms with Crippen molar-refractivity contribution in [3.05, 3.63) is 98.9 Å². The Bertz CT molecular complexity index is 1210. The quantitative estimate of drug-likeness (QED) is 0.314. The second kappa shape index (κ2) is 9.10. The van der Waals surface area contributed by atoms with Gasteiger partial charge in [0.2, 0.25) is 0 Å². The molecule has 0 saturated carbocycles. The average molecular weight is 468 g/mol. The third-order valence-electron chi connectivity index (χ3n) is 4.73. The lowest BCUT2D eigenvalue weighted by Crippen LogP contribution is -2.33. The van der Waals surface area contributed by atoms with Crippen LogP contribution in [0.15, 0.2) is 77.7 Å². The van der Waals surface area contributed by atoms with Gasteiger partial charge in [-0.3, -0.25) is 19.3 Å². The summed E-state index contributed by atoms with van der Waals surface area (Å²) in [4.78, 5) is 38.9. The van der Waals surface area contributed by atoms with Crippen LogP contribution in [0.25, 0.3) is 17.2 Å². The maximum Gasteiger partial charge on any atom is 0.293 e. The molecule has 0 aliphatic carbocycles. The molecule has 1 aliphatic rings. The van der Waals surface area contributed by atoms with E-state index in [4.69, 9.17) is 23.2 Å². The number of benzene rings is 3. The minimum Gasteiger partial charge on any atom is -0.292 e. The molecule has 154 valence electrons. The van der Waals surface area contributed by atoms with E-state index in [2.05, 4.69) is 0 Å². The average Bonchev–Trinajstić information content (AvgIpc) is 3.04. The number of carbonyl (C=O) groups excluding carboxylic acids is 3. The molecule has 1 fully saturated rings. The van der Waals surface area contributed by atoms with Crippen LogP contribution in [0.4, 0.5) is 4.79 Å². The molecule has 0 spiro atoms.